The minimum Gasteiger partial charge on any atom is -0.489 e. The van der Waals surface area contributed by atoms with Gasteiger partial charge < -0.3 is 9.47 Å². The lowest BCUT2D eigenvalue weighted by molar-refractivity contribution is 0.0316. The molecule has 0 aliphatic rings. The van der Waals surface area contributed by atoms with Gasteiger partial charge in [-0.25, -0.2) is 4.79 Å². The molecule has 3 rings (SSSR count). The fraction of sp³-hybridized carbons (Fsp3) is 0.130. The van der Waals surface area contributed by atoms with Crippen molar-refractivity contribution in [1.29, 1.82) is 0 Å². The lowest BCUT2D eigenvalue weighted by Gasteiger charge is -2.15. The van der Waals surface area contributed by atoms with Crippen LogP contribution in [0.25, 0.3) is 0 Å². The van der Waals surface area contributed by atoms with E-state index in [0.717, 1.165) is 0 Å². The zero-order chi connectivity index (χ0) is 19.9. The highest BCUT2D eigenvalue weighted by molar-refractivity contribution is 6.30. The van der Waals surface area contributed by atoms with Gasteiger partial charge in [-0.1, -0.05) is 48.0 Å². The van der Waals surface area contributed by atoms with E-state index in [-0.39, 0.29) is 12.4 Å². The Kier molecular flexibility index (Phi) is 6.45. The van der Waals surface area contributed by atoms with E-state index in [0.29, 0.717) is 27.5 Å². The van der Waals surface area contributed by atoms with Crippen LogP contribution in [-0.2, 0) is 11.3 Å². The molecule has 0 aliphatic carbocycles. The standard InChI is InChI=1S/C23H19ClO4/c1-16(22(25)17-11-13-19(24)14-12-17)28-23(26)21-10-6-5-7-18(21)15-27-20-8-3-2-4-9-20/h2-14,16H,15H2,1H3/t16-/m0/s1. The van der Waals surface area contributed by atoms with Gasteiger partial charge in [0.15, 0.2) is 6.10 Å². The highest BCUT2D eigenvalue weighted by Gasteiger charge is 2.22. The third kappa shape index (κ3) is 4.99. The number of rotatable bonds is 7. The molecule has 0 N–H and O–H groups in total. The summed E-state index contributed by atoms with van der Waals surface area (Å²) in [5.41, 5.74) is 1.49. The van der Waals surface area contributed by atoms with Crippen LogP contribution in [0.15, 0.2) is 78.9 Å². The number of esters is 1. The first-order valence-corrected chi connectivity index (χ1v) is 9.19. The van der Waals surface area contributed by atoms with E-state index < -0.39 is 12.1 Å². The highest BCUT2D eigenvalue weighted by Crippen LogP contribution is 2.17. The van der Waals surface area contributed by atoms with E-state index in [4.69, 9.17) is 21.1 Å². The second kappa shape index (κ2) is 9.20. The van der Waals surface area contributed by atoms with E-state index in [1.807, 2.05) is 36.4 Å². The molecule has 0 saturated heterocycles. The van der Waals surface area contributed by atoms with Crippen LogP contribution in [0.3, 0.4) is 0 Å². The first-order valence-electron chi connectivity index (χ1n) is 8.81. The van der Waals surface area contributed by atoms with Crippen molar-refractivity contribution < 1.29 is 19.1 Å². The molecule has 1 atom stereocenters. The van der Waals surface area contributed by atoms with E-state index in [1.54, 1.807) is 49.4 Å². The number of carbonyl (C=O) groups excluding carboxylic acids is 2. The van der Waals surface area contributed by atoms with Gasteiger partial charge in [-0.2, -0.15) is 0 Å². The number of halogens is 1. The Morgan fingerprint density at radius 1 is 0.893 bits per heavy atom. The second-order valence-corrected chi connectivity index (χ2v) is 6.61. The SMILES string of the molecule is C[C@H](OC(=O)c1ccccc1COc1ccccc1)C(=O)c1ccc(Cl)cc1. The third-order valence-corrected chi connectivity index (χ3v) is 4.41. The maximum Gasteiger partial charge on any atom is 0.339 e. The smallest absolute Gasteiger partial charge is 0.339 e. The monoisotopic (exact) mass is 394 g/mol. The normalized spacial score (nSPS) is 11.5. The molecule has 0 bridgehead atoms. The first kappa shape index (κ1) is 19.6. The number of ketones is 1. The molecule has 0 aliphatic heterocycles. The van der Waals surface area contributed by atoms with Gasteiger partial charge in [0.2, 0.25) is 5.78 Å². The predicted molar refractivity (Wildman–Crippen MR) is 108 cm³/mol. The van der Waals surface area contributed by atoms with Crippen LogP contribution in [0.2, 0.25) is 5.02 Å². The highest BCUT2D eigenvalue weighted by atomic mass is 35.5. The quantitative estimate of drug-likeness (QED) is 0.400. The summed E-state index contributed by atoms with van der Waals surface area (Å²) >= 11 is 5.84. The number of para-hydroxylation sites is 1. The van der Waals surface area contributed by atoms with Crippen molar-refractivity contribution in [3.8, 4) is 5.75 Å². The maximum atomic E-state index is 12.6. The molecule has 0 radical (unpaired) electrons. The summed E-state index contributed by atoms with van der Waals surface area (Å²) in [6.45, 7) is 1.77. The number of benzene rings is 3. The molecular weight excluding hydrogens is 376 g/mol. The zero-order valence-corrected chi connectivity index (χ0v) is 16.1. The van der Waals surface area contributed by atoms with Gasteiger partial charge in [-0.15, -0.1) is 0 Å². The predicted octanol–water partition coefficient (Wildman–Crippen LogP) is 5.35. The van der Waals surface area contributed by atoms with Crippen molar-refractivity contribution in [3.63, 3.8) is 0 Å². The van der Waals surface area contributed by atoms with Crippen LogP contribution in [0.1, 0.15) is 33.2 Å². The Bertz CT molecular complexity index is 952. The van der Waals surface area contributed by atoms with Gasteiger partial charge in [-0.3, -0.25) is 4.79 Å². The van der Waals surface area contributed by atoms with Crippen molar-refractivity contribution in [3.05, 3.63) is 101 Å². The molecule has 0 saturated carbocycles. The third-order valence-electron chi connectivity index (χ3n) is 4.16. The topological polar surface area (TPSA) is 52.6 Å². The van der Waals surface area contributed by atoms with Crippen molar-refractivity contribution in [2.75, 3.05) is 0 Å². The van der Waals surface area contributed by atoms with Gasteiger partial charge in [0.05, 0.1) is 5.56 Å². The number of hydrogen-bond donors (Lipinski definition) is 0. The van der Waals surface area contributed by atoms with Gasteiger partial charge in [-0.05, 0) is 49.4 Å². The van der Waals surface area contributed by atoms with Crippen molar-refractivity contribution in [2.45, 2.75) is 19.6 Å². The van der Waals surface area contributed by atoms with Gasteiger partial charge in [0, 0.05) is 16.1 Å². The Morgan fingerprint density at radius 2 is 1.54 bits per heavy atom. The second-order valence-electron chi connectivity index (χ2n) is 6.18. The largest absolute Gasteiger partial charge is 0.489 e. The summed E-state index contributed by atoms with van der Waals surface area (Å²) in [6.07, 6.45) is -0.920. The molecule has 4 nitrogen and oxygen atoms in total. The summed E-state index contributed by atoms with van der Waals surface area (Å²) < 4.78 is 11.1. The van der Waals surface area contributed by atoms with E-state index in [2.05, 4.69) is 0 Å². The number of carbonyl (C=O) groups is 2. The van der Waals surface area contributed by atoms with E-state index >= 15 is 0 Å². The van der Waals surface area contributed by atoms with Gasteiger partial charge in [0.25, 0.3) is 0 Å². The zero-order valence-electron chi connectivity index (χ0n) is 15.3. The molecule has 28 heavy (non-hydrogen) atoms. The van der Waals surface area contributed by atoms with Crippen molar-refractivity contribution in [2.24, 2.45) is 0 Å². The molecule has 0 aromatic heterocycles. The number of Topliss-reactive ketones (excluding diaryl/α,β-unsaturated/α-hetero) is 1. The molecule has 0 unspecified atom stereocenters. The first-order chi connectivity index (χ1) is 13.5. The van der Waals surface area contributed by atoms with Crippen LogP contribution in [-0.4, -0.2) is 17.9 Å². The van der Waals surface area contributed by atoms with Crippen molar-refractivity contribution in [1.82, 2.24) is 0 Å². The molecule has 3 aromatic carbocycles. The van der Waals surface area contributed by atoms with Crippen LogP contribution in [0.4, 0.5) is 0 Å². The Hall–Kier alpha value is -3.11. The summed E-state index contributed by atoms with van der Waals surface area (Å²) in [6, 6.07) is 22.8. The molecule has 3 aromatic rings. The summed E-state index contributed by atoms with van der Waals surface area (Å²) in [5, 5.41) is 0.536. The maximum absolute atomic E-state index is 12.6. The molecule has 142 valence electrons. The average molecular weight is 395 g/mol. The summed E-state index contributed by atoms with van der Waals surface area (Å²) in [7, 11) is 0. The number of ether oxygens (including phenoxy) is 2. The Balaban J connectivity index is 1.68. The Labute approximate surface area is 168 Å². The lowest BCUT2D eigenvalue weighted by atomic mass is 10.1. The average Bonchev–Trinajstić information content (AvgIpc) is 2.73. The van der Waals surface area contributed by atoms with Crippen LogP contribution in [0, 0.1) is 0 Å². The summed E-state index contributed by atoms with van der Waals surface area (Å²) in [4.78, 5) is 25.1. The summed E-state index contributed by atoms with van der Waals surface area (Å²) in [5.74, 6) is -0.151. The molecule has 0 spiro atoms. The lowest BCUT2D eigenvalue weighted by Crippen LogP contribution is -2.25. The van der Waals surface area contributed by atoms with Crippen LogP contribution >= 0.6 is 11.6 Å². The number of hydrogen-bond acceptors (Lipinski definition) is 4. The fourth-order valence-corrected chi connectivity index (χ4v) is 2.78. The van der Waals surface area contributed by atoms with Crippen LogP contribution < -0.4 is 4.74 Å². The Morgan fingerprint density at radius 3 is 2.25 bits per heavy atom. The molecule has 0 heterocycles. The minimum absolute atomic E-state index is 0.217. The van der Waals surface area contributed by atoms with E-state index in [9.17, 15) is 9.59 Å². The molecule has 0 fully saturated rings. The molecule has 5 heteroatoms. The fourth-order valence-electron chi connectivity index (χ4n) is 2.65. The van der Waals surface area contributed by atoms with Crippen molar-refractivity contribution >= 4 is 23.4 Å². The van der Waals surface area contributed by atoms with Crippen LogP contribution in [0.5, 0.6) is 5.75 Å². The molecular formula is C23H19ClO4. The van der Waals surface area contributed by atoms with Gasteiger partial charge >= 0.3 is 5.97 Å². The minimum atomic E-state index is -0.920. The van der Waals surface area contributed by atoms with E-state index in [1.165, 1.54) is 0 Å². The van der Waals surface area contributed by atoms with Gasteiger partial charge in [0.1, 0.15) is 12.4 Å². The molecule has 0 amide bonds.